The van der Waals surface area contributed by atoms with Gasteiger partial charge in [0.05, 0.1) is 11.0 Å². The maximum Gasteiger partial charge on any atom is 0.147 e. The zero-order valence-corrected chi connectivity index (χ0v) is 18.4. The van der Waals surface area contributed by atoms with Crippen molar-refractivity contribution in [2.75, 3.05) is 0 Å². The van der Waals surface area contributed by atoms with E-state index >= 15 is 0 Å². The van der Waals surface area contributed by atoms with Gasteiger partial charge in [0.2, 0.25) is 0 Å². The molecule has 3 heteroatoms. The summed E-state index contributed by atoms with van der Waals surface area (Å²) in [4.78, 5) is 5.11. The Labute approximate surface area is 185 Å². The first-order valence-electron chi connectivity index (χ1n) is 10.7. The molecule has 0 saturated heterocycles. The predicted molar refractivity (Wildman–Crippen MR) is 133 cm³/mol. The Morgan fingerprint density at radius 1 is 0.806 bits per heavy atom. The lowest BCUT2D eigenvalue weighted by atomic mass is 10.0. The second-order valence-corrected chi connectivity index (χ2v) is 9.26. The highest BCUT2D eigenvalue weighted by molar-refractivity contribution is 7.17. The van der Waals surface area contributed by atoms with Gasteiger partial charge in [0, 0.05) is 26.7 Å². The molecule has 150 valence electrons. The molecule has 0 radical (unpaired) electrons. The second-order valence-electron chi connectivity index (χ2n) is 8.35. The maximum absolute atomic E-state index is 5.11. The molecule has 0 atom stereocenters. The molecule has 0 amide bonds. The average molecular weight is 419 g/mol. The number of nitrogens with zero attached hydrogens (tertiary/aromatic N) is 2. The first kappa shape index (κ1) is 18.3. The van der Waals surface area contributed by atoms with Crippen molar-refractivity contribution in [2.24, 2.45) is 0 Å². The molecule has 6 rings (SSSR count). The van der Waals surface area contributed by atoms with Gasteiger partial charge in [-0.1, -0.05) is 62.4 Å². The van der Waals surface area contributed by atoms with Crippen LogP contribution in [0.15, 0.2) is 90.3 Å². The number of imidazole rings is 1. The van der Waals surface area contributed by atoms with Gasteiger partial charge >= 0.3 is 0 Å². The molecule has 0 aliphatic carbocycles. The van der Waals surface area contributed by atoms with Gasteiger partial charge in [-0.25, -0.2) is 4.98 Å². The Bertz CT molecular complexity index is 1570. The van der Waals surface area contributed by atoms with Crippen LogP contribution in [0, 0.1) is 0 Å². The molecule has 0 aliphatic rings. The number of hydrogen-bond donors (Lipinski definition) is 0. The number of fused-ring (bicyclic) bond motifs is 3. The summed E-state index contributed by atoms with van der Waals surface area (Å²) in [5.74, 6) is 1.50. The molecule has 0 spiro atoms. The Balaban J connectivity index is 1.66. The van der Waals surface area contributed by atoms with Crippen LogP contribution in [-0.2, 0) is 0 Å². The summed E-state index contributed by atoms with van der Waals surface area (Å²) in [6.45, 7) is 4.50. The first-order chi connectivity index (χ1) is 15.2. The molecule has 2 heterocycles. The van der Waals surface area contributed by atoms with Crippen LogP contribution in [0.1, 0.15) is 25.3 Å². The highest BCUT2D eigenvalue weighted by Gasteiger charge is 2.18. The van der Waals surface area contributed by atoms with E-state index in [1.807, 2.05) is 0 Å². The quantitative estimate of drug-likeness (QED) is 0.283. The number of para-hydroxylation sites is 2. The van der Waals surface area contributed by atoms with E-state index in [2.05, 4.69) is 109 Å². The molecule has 0 fully saturated rings. The van der Waals surface area contributed by atoms with E-state index in [1.54, 1.807) is 11.3 Å². The van der Waals surface area contributed by atoms with Crippen LogP contribution >= 0.6 is 11.3 Å². The Kier molecular flexibility index (Phi) is 4.18. The van der Waals surface area contributed by atoms with E-state index in [-0.39, 0.29) is 0 Å². The highest BCUT2D eigenvalue weighted by Crippen LogP contribution is 2.38. The van der Waals surface area contributed by atoms with E-state index in [1.165, 1.54) is 32.0 Å². The Morgan fingerprint density at radius 2 is 1.61 bits per heavy atom. The molecule has 0 N–H and O–H groups in total. The molecule has 6 aromatic rings. The van der Waals surface area contributed by atoms with Crippen molar-refractivity contribution in [1.29, 1.82) is 0 Å². The van der Waals surface area contributed by atoms with Gasteiger partial charge in [-0.3, -0.25) is 4.57 Å². The molecular formula is C28H22N2S. The van der Waals surface area contributed by atoms with Gasteiger partial charge in [-0.2, -0.15) is 0 Å². The van der Waals surface area contributed by atoms with Crippen molar-refractivity contribution in [1.82, 2.24) is 9.55 Å². The predicted octanol–water partition coefficient (Wildman–Crippen LogP) is 8.18. The summed E-state index contributed by atoms with van der Waals surface area (Å²) in [6, 6.07) is 30.4. The lowest BCUT2D eigenvalue weighted by molar-refractivity contribution is 0.869. The van der Waals surface area contributed by atoms with Crippen LogP contribution in [0.3, 0.4) is 0 Å². The molecule has 0 aliphatic heterocycles. The van der Waals surface area contributed by atoms with E-state index < -0.39 is 0 Å². The zero-order valence-electron chi connectivity index (χ0n) is 17.5. The van der Waals surface area contributed by atoms with Crippen LogP contribution in [0.25, 0.3) is 49.0 Å². The maximum atomic E-state index is 5.11. The SMILES string of the molecule is CC(C)c1ccc2scc(-c3nc4ccccc4n3-c3ccc4ccccc4c3)c2c1. The summed E-state index contributed by atoms with van der Waals surface area (Å²) in [7, 11) is 0. The number of rotatable bonds is 3. The van der Waals surface area contributed by atoms with Gasteiger partial charge in [0.15, 0.2) is 0 Å². The summed E-state index contributed by atoms with van der Waals surface area (Å²) < 4.78 is 3.61. The number of benzene rings is 4. The Morgan fingerprint density at radius 3 is 2.48 bits per heavy atom. The second kappa shape index (κ2) is 7.07. The standard InChI is InChI=1S/C28H22N2S/c1-18(2)20-12-14-27-23(16-20)24(17-31-27)28-29-25-9-5-6-10-26(25)30(28)22-13-11-19-7-3-4-8-21(19)15-22/h3-18H,1-2H3. The average Bonchev–Trinajstić information content (AvgIpc) is 3.39. The largest absolute Gasteiger partial charge is 0.292 e. The number of aromatic nitrogens is 2. The van der Waals surface area contributed by atoms with Gasteiger partial charge in [-0.15, -0.1) is 11.3 Å². The topological polar surface area (TPSA) is 17.8 Å². The van der Waals surface area contributed by atoms with Crippen LogP contribution in [0.2, 0.25) is 0 Å². The van der Waals surface area contributed by atoms with Crippen molar-refractivity contribution >= 4 is 43.2 Å². The number of thiophene rings is 1. The van der Waals surface area contributed by atoms with Gasteiger partial charge in [0.1, 0.15) is 5.82 Å². The monoisotopic (exact) mass is 418 g/mol. The highest BCUT2D eigenvalue weighted by atomic mass is 32.1. The molecule has 0 unspecified atom stereocenters. The van der Waals surface area contributed by atoms with Crippen molar-refractivity contribution in [3.05, 3.63) is 95.9 Å². The van der Waals surface area contributed by atoms with Crippen molar-refractivity contribution < 1.29 is 0 Å². The fraction of sp³-hybridized carbons (Fsp3) is 0.107. The van der Waals surface area contributed by atoms with Crippen molar-refractivity contribution in [3.63, 3.8) is 0 Å². The molecule has 2 aromatic heterocycles. The van der Waals surface area contributed by atoms with Gasteiger partial charge < -0.3 is 0 Å². The Hall–Kier alpha value is -3.43. The minimum atomic E-state index is 0.497. The third-order valence-electron chi connectivity index (χ3n) is 6.06. The fourth-order valence-corrected chi connectivity index (χ4v) is 5.28. The van der Waals surface area contributed by atoms with E-state index in [0.29, 0.717) is 5.92 Å². The summed E-state index contributed by atoms with van der Waals surface area (Å²) in [5.41, 5.74) is 5.85. The summed E-state index contributed by atoms with van der Waals surface area (Å²) >= 11 is 1.79. The van der Waals surface area contributed by atoms with Crippen molar-refractivity contribution in [3.8, 4) is 17.1 Å². The minimum Gasteiger partial charge on any atom is -0.292 e. The van der Waals surface area contributed by atoms with E-state index in [0.717, 1.165) is 22.5 Å². The third kappa shape index (κ3) is 2.96. The number of hydrogen-bond acceptors (Lipinski definition) is 2. The fourth-order valence-electron chi connectivity index (χ4n) is 4.36. The molecule has 4 aromatic carbocycles. The minimum absolute atomic E-state index is 0.497. The van der Waals surface area contributed by atoms with Crippen LogP contribution in [0.4, 0.5) is 0 Å². The van der Waals surface area contributed by atoms with Gasteiger partial charge in [0.25, 0.3) is 0 Å². The van der Waals surface area contributed by atoms with E-state index in [9.17, 15) is 0 Å². The molecule has 2 nitrogen and oxygen atoms in total. The normalized spacial score (nSPS) is 11.8. The van der Waals surface area contributed by atoms with Crippen LogP contribution in [0.5, 0.6) is 0 Å². The first-order valence-corrected chi connectivity index (χ1v) is 11.6. The lowest BCUT2D eigenvalue weighted by Gasteiger charge is -2.11. The zero-order chi connectivity index (χ0) is 20.9. The third-order valence-corrected chi connectivity index (χ3v) is 7.02. The van der Waals surface area contributed by atoms with Gasteiger partial charge in [-0.05, 0) is 58.7 Å². The smallest absolute Gasteiger partial charge is 0.147 e. The van der Waals surface area contributed by atoms with E-state index in [4.69, 9.17) is 4.98 Å². The molecule has 0 bridgehead atoms. The van der Waals surface area contributed by atoms with Crippen molar-refractivity contribution in [2.45, 2.75) is 19.8 Å². The van der Waals surface area contributed by atoms with Crippen LogP contribution < -0.4 is 0 Å². The molecule has 0 saturated carbocycles. The molecule has 31 heavy (non-hydrogen) atoms. The lowest BCUT2D eigenvalue weighted by Crippen LogP contribution is -1.97. The molecular weight excluding hydrogens is 396 g/mol. The summed E-state index contributed by atoms with van der Waals surface area (Å²) in [5, 5.41) is 6.03. The summed E-state index contributed by atoms with van der Waals surface area (Å²) in [6.07, 6.45) is 0. The van der Waals surface area contributed by atoms with Crippen LogP contribution in [-0.4, -0.2) is 9.55 Å².